The zero-order valence-electron chi connectivity index (χ0n) is 8.93. The van der Waals surface area contributed by atoms with E-state index in [1.54, 1.807) is 13.0 Å². The molecule has 0 aliphatic heterocycles. The zero-order valence-corrected chi connectivity index (χ0v) is 8.93. The molecule has 0 spiro atoms. The number of aliphatic hydroxyl groups is 1. The Labute approximate surface area is 92.5 Å². The van der Waals surface area contributed by atoms with Crippen LogP contribution in [0.15, 0.2) is 12.1 Å². The fraction of sp³-hybridized carbons (Fsp3) is 0.500. The van der Waals surface area contributed by atoms with Crippen molar-refractivity contribution in [3.8, 4) is 0 Å². The van der Waals surface area contributed by atoms with Gasteiger partial charge in [0.15, 0.2) is 0 Å². The van der Waals surface area contributed by atoms with E-state index in [4.69, 9.17) is 5.11 Å². The van der Waals surface area contributed by atoms with Crippen LogP contribution in [0.25, 0.3) is 0 Å². The average molecular weight is 223 g/mol. The smallest absolute Gasteiger partial charge is 0.290 e. The summed E-state index contributed by atoms with van der Waals surface area (Å²) in [6, 6.07) is 3.00. The summed E-state index contributed by atoms with van der Waals surface area (Å²) in [6.45, 7) is 1.66. The molecule has 1 aromatic rings. The molecule has 6 nitrogen and oxygen atoms in total. The number of nitrogens with one attached hydrogen (secondary N) is 1. The minimum atomic E-state index is -0.453. The number of hydrogen-bond donors (Lipinski definition) is 2. The van der Waals surface area contributed by atoms with Crippen LogP contribution in [0.1, 0.15) is 18.5 Å². The van der Waals surface area contributed by atoms with Gasteiger partial charge in [-0.05, 0) is 25.8 Å². The molecule has 0 saturated heterocycles. The van der Waals surface area contributed by atoms with E-state index in [-0.39, 0.29) is 17.8 Å². The molecule has 6 heteroatoms. The first-order valence-corrected chi connectivity index (χ1v) is 5.07. The van der Waals surface area contributed by atoms with Gasteiger partial charge in [-0.15, -0.1) is 0 Å². The molecule has 0 amide bonds. The van der Waals surface area contributed by atoms with E-state index in [9.17, 15) is 10.1 Å². The van der Waals surface area contributed by atoms with Gasteiger partial charge in [0.05, 0.1) is 17.1 Å². The number of nitrogens with zero attached hydrogens (tertiary/aromatic N) is 2. The average Bonchev–Trinajstić information content (AvgIpc) is 2.98. The lowest BCUT2D eigenvalue weighted by atomic mass is 10.2. The van der Waals surface area contributed by atoms with Gasteiger partial charge in [-0.3, -0.25) is 10.1 Å². The highest BCUT2D eigenvalue weighted by Gasteiger charge is 2.42. The van der Waals surface area contributed by atoms with Crippen molar-refractivity contribution in [2.75, 3.05) is 11.9 Å². The number of aryl methyl sites for hydroxylation is 1. The van der Waals surface area contributed by atoms with Crippen LogP contribution in [0.3, 0.4) is 0 Å². The predicted molar refractivity (Wildman–Crippen MR) is 58.3 cm³/mol. The molecule has 0 atom stereocenters. The van der Waals surface area contributed by atoms with Crippen molar-refractivity contribution in [2.45, 2.75) is 25.3 Å². The topological polar surface area (TPSA) is 88.3 Å². The van der Waals surface area contributed by atoms with Gasteiger partial charge in [0.25, 0.3) is 5.69 Å². The zero-order chi connectivity index (χ0) is 11.8. The van der Waals surface area contributed by atoms with Crippen molar-refractivity contribution in [3.63, 3.8) is 0 Å². The number of hydrogen-bond acceptors (Lipinski definition) is 5. The highest BCUT2D eigenvalue weighted by Crippen LogP contribution is 2.38. The van der Waals surface area contributed by atoms with Crippen LogP contribution in [-0.4, -0.2) is 27.2 Å². The van der Waals surface area contributed by atoms with Crippen LogP contribution in [0.4, 0.5) is 11.5 Å². The van der Waals surface area contributed by atoms with Crippen molar-refractivity contribution < 1.29 is 10.0 Å². The summed E-state index contributed by atoms with van der Waals surface area (Å²) in [5.41, 5.74) is 0.137. The fourth-order valence-corrected chi connectivity index (χ4v) is 1.56. The van der Waals surface area contributed by atoms with E-state index in [0.717, 1.165) is 12.8 Å². The monoisotopic (exact) mass is 223 g/mol. The van der Waals surface area contributed by atoms with Crippen LogP contribution in [0.5, 0.6) is 0 Å². The molecule has 1 aliphatic carbocycles. The molecule has 2 N–H and O–H groups in total. The molecule has 16 heavy (non-hydrogen) atoms. The third-order valence-electron chi connectivity index (χ3n) is 2.80. The number of rotatable bonds is 4. The maximum absolute atomic E-state index is 10.6. The van der Waals surface area contributed by atoms with E-state index >= 15 is 0 Å². The first-order valence-electron chi connectivity index (χ1n) is 5.07. The molecular weight excluding hydrogens is 210 g/mol. The van der Waals surface area contributed by atoms with Crippen molar-refractivity contribution in [1.82, 2.24) is 4.98 Å². The maximum atomic E-state index is 10.6. The molecule has 0 unspecified atom stereocenters. The molecule has 1 fully saturated rings. The van der Waals surface area contributed by atoms with E-state index in [1.807, 2.05) is 0 Å². The second kappa shape index (κ2) is 3.71. The minimum Gasteiger partial charge on any atom is -0.394 e. The molecule has 0 aromatic carbocycles. The molecule has 0 bridgehead atoms. The molecule has 1 aromatic heterocycles. The maximum Gasteiger partial charge on any atom is 0.290 e. The lowest BCUT2D eigenvalue weighted by Crippen LogP contribution is -2.26. The Morgan fingerprint density at radius 2 is 2.31 bits per heavy atom. The van der Waals surface area contributed by atoms with Gasteiger partial charge in [-0.2, -0.15) is 0 Å². The van der Waals surface area contributed by atoms with Crippen LogP contribution >= 0.6 is 0 Å². The summed E-state index contributed by atoms with van der Waals surface area (Å²) in [4.78, 5) is 14.2. The van der Waals surface area contributed by atoms with Crippen LogP contribution < -0.4 is 5.32 Å². The SMILES string of the molecule is Cc1nc(NC2(CO)CC2)ccc1[N+](=O)[O-]. The van der Waals surface area contributed by atoms with E-state index in [0.29, 0.717) is 11.5 Å². The quantitative estimate of drug-likeness (QED) is 0.592. The molecule has 2 rings (SSSR count). The highest BCUT2D eigenvalue weighted by molar-refractivity contribution is 5.47. The largest absolute Gasteiger partial charge is 0.394 e. The first-order chi connectivity index (χ1) is 7.56. The lowest BCUT2D eigenvalue weighted by molar-refractivity contribution is -0.385. The number of aromatic nitrogens is 1. The van der Waals surface area contributed by atoms with Crippen molar-refractivity contribution in [2.24, 2.45) is 0 Å². The summed E-state index contributed by atoms with van der Waals surface area (Å²) in [6.07, 6.45) is 1.81. The molecule has 1 heterocycles. The molecule has 86 valence electrons. The summed E-state index contributed by atoms with van der Waals surface area (Å²) < 4.78 is 0. The van der Waals surface area contributed by atoms with Crippen LogP contribution in [-0.2, 0) is 0 Å². The highest BCUT2D eigenvalue weighted by atomic mass is 16.6. The number of nitro groups is 1. The molecule has 1 aliphatic rings. The Bertz CT molecular complexity index is 429. The van der Waals surface area contributed by atoms with Gasteiger partial charge in [0.2, 0.25) is 0 Å². The summed E-state index contributed by atoms with van der Waals surface area (Å²) >= 11 is 0. The van der Waals surface area contributed by atoms with Gasteiger partial charge in [-0.1, -0.05) is 0 Å². The normalized spacial score (nSPS) is 16.9. The van der Waals surface area contributed by atoms with Crippen molar-refractivity contribution in [3.05, 3.63) is 27.9 Å². The Balaban J connectivity index is 2.18. The minimum absolute atomic E-state index is 0.0133. The second-order valence-electron chi connectivity index (χ2n) is 4.12. The molecular formula is C10H13N3O3. The molecule has 1 saturated carbocycles. The van der Waals surface area contributed by atoms with Gasteiger partial charge in [0, 0.05) is 6.07 Å². The van der Waals surface area contributed by atoms with E-state index in [2.05, 4.69) is 10.3 Å². The van der Waals surface area contributed by atoms with E-state index < -0.39 is 4.92 Å². The Morgan fingerprint density at radius 1 is 1.62 bits per heavy atom. The number of pyridine rings is 1. The first kappa shape index (κ1) is 10.8. The van der Waals surface area contributed by atoms with Gasteiger partial charge >= 0.3 is 0 Å². The van der Waals surface area contributed by atoms with Gasteiger partial charge in [0.1, 0.15) is 11.5 Å². The second-order valence-corrected chi connectivity index (χ2v) is 4.12. The Morgan fingerprint density at radius 3 is 2.75 bits per heavy atom. The van der Waals surface area contributed by atoms with Crippen molar-refractivity contribution >= 4 is 11.5 Å². The standard InChI is InChI=1S/C10H13N3O3/c1-7-8(13(15)16)2-3-9(11-7)12-10(6-14)4-5-10/h2-3,14H,4-6H2,1H3,(H,11,12). The van der Waals surface area contributed by atoms with Gasteiger partial charge < -0.3 is 10.4 Å². The molecule has 0 radical (unpaired) electrons. The van der Waals surface area contributed by atoms with Crippen molar-refractivity contribution in [1.29, 1.82) is 0 Å². The summed E-state index contributed by atoms with van der Waals surface area (Å²) in [7, 11) is 0. The Hall–Kier alpha value is -1.69. The summed E-state index contributed by atoms with van der Waals surface area (Å²) in [5.74, 6) is 0.578. The number of aliphatic hydroxyl groups excluding tert-OH is 1. The lowest BCUT2D eigenvalue weighted by Gasteiger charge is -2.14. The summed E-state index contributed by atoms with van der Waals surface area (Å²) in [5, 5.41) is 22.8. The fourth-order valence-electron chi connectivity index (χ4n) is 1.56. The van der Waals surface area contributed by atoms with Gasteiger partial charge in [-0.25, -0.2) is 4.98 Å². The predicted octanol–water partition coefficient (Wildman–Crippen LogP) is 1.24. The van der Waals surface area contributed by atoms with E-state index in [1.165, 1.54) is 6.07 Å². The number of anilines is 1. The third kappa shape index (κ3) is 1.96. The Kier molecular flexibility index (Phi) is 2.51. The van der Waals surface area contributed by atoms with Crippen LogP contribution in [0.2, 0.25) is 0 Å². The third-order valence-corrected chi connectivity index (χ3v) is 2.80. The van der Waals surface area contributed by atoms with Crippen LogP contribution in [0, 0.1) is 17.0 Å².